The molecule has 0 heterocycles. The molecule has 0 aliphatic carbocycles. The van der Waals surface area contributed by atoms with Crippen molar-refractivity contribution in [1.29, 1.82) is 0 Å². The highest BCUT2D eigenvalue weighted by Crippen LogP contribution is 2.27. The molecule has 0 aliphatic rings. The molecule has 0 aromatic heterocycles. The van der Waals surface area contributed by atoms with Crippen molar-refractivity contribution in [3.05, 3.63) is 28.0 Å². The first-order valence-electron chi connectivity index (χ1n) is 5.07. The Bertz CT molecular complexity index is 348. The number of aliphatic hydroxyl groups is 1. The Morgan fingerprint density at radius 2 is 2.12 bits per heavy atom. The lowest BCUT2D eigenvalue weighted by molar-refractivity contribution is 0.171. The highest BCUT2D eigenvalue weighted by Gasteiger charge is 2.12. The largest absolute Gasteiger partial charge is 0.395 e. The smallest absolute Gasteiger partial charge is 0.147 e. The summed E-state index contributed by atoms with van der Waals surface area (Å²) in [5.74, 6) is -0.520. The van der Waals surface area contributed by atoms with Gasteiger partial charge in [0, 0.05) is 17.1 Å². The summed E-state index contributed by atoms with van der Waals surface area (Å²) in [5.41, 5.74) is 6.02. The zero-order valence-corrected chi connectivity index (χ0v) is 10.9. The molecule has 1 rings (SSSR count). The molecule has 5 heteroatoms. The molecule has 1 atom stereocenters. The summed E-state index contributed by atoms with van der Waals surface area (Å²) >= 11 is 3.15. The monoisotopic (exact) mass is 290 g/mol. The molecule has 0 saturated heterocycles. The maximum absolute atomic E-state index is 13.3. The lowest BCUT2D eigenvalue weighted by Gasteiger charge is -2.15. The zero-order valence-electron chi connectivity index (χ0n) is 9.30. The Morgan fingerprint density at radius 1 is 1.50 bits per heavy atom. The third-order valence-corrected chi connectivity index (χ3v) is 2.86. The number of hydrogen-bond donors (Lipinski definition) is 3. The van der Waals surface area contributed by atoms with Crippen molar-refractivity contribution < 1.29 is 9.50 Å². The Balaban J connectivity index is 2.80. The van der Waals surface area contributed by atoms with Gasteiger partial charge in [-0.15, -0.1) is 0 Å². The van der Waals surface area contributed by atoms with Crippen molar-refractivity contribution in [2.75, 3.05) is 12.3 Å². The SMILES string of the molecule is CC(C)NCC(O)c1cc(F)c(N)c(Br)c1. The average Bonchev–Trinajstić information content (AvgIpc) is 2.21. The van der Waals surface area contributed by atoms with Gasteiger partial charge >= 0.3 is 0 Å². The van der Waals surface area contributed by atoms with Gasteiger partial charge in [-0.05, 0) is 33.6 Å². The van der Waals surface area contributed by atoms with Gasteiger partial charge in [-0.3, -0.25) is 0 Å². The Labute approximate surface area is 103 Å². The molecule has 16 heavy (non-hydrogen) atoms. The first-order valence-corrected chi connectivity index (χ1v) is 5.87. The van der Waals surface area contributed by atoms with Gasteiger partial charge in [0.05, 0.1) is 11.8 Å². The lowest BCUT2D eigenvalue weighted by Crippen LogP contribution is -2.28. The van der Waals surface area contributed by atoms with E-state index in [2.05, 4.69) is 21.2 Å². The van der Waals surface area contributed by atoms with Crippen LogP contribution in [0.15, 0.2) is 16.6 Å². The number of nitrogen functional groups attached to an aromatic ring is 1. The van der Waals surface area contributed by atoms with Crippen LogP contribution in [-0.2, 0) is 0 Å². The topological polar surface area (TPSA) is 58.3 Å². The molecule has 0 radical (unpaired) electrons. The number of hydrogen-bond acceptors (Lipinski definition) is 3. The predicted octanol–water partition coefficient (Wildman–Crippen LogP) is 2.20. The van der Waals surface area contributed by atoms with Gasteiger partial charge in [-0.2, -0.15) is 0 Å². The van der Waals surface area contributed by atoms with Crippen LogP contribution in [0.5, 0.6) is 0 Å². The average molecular weight is 291 g/mol. The second kappa shape index (κ2) is 5.61. The zero-order chi connectivity index (χ0) is 12.3. The number of nitrogens with two attached hydrogens (primary N) is 1. The van der Waals surface area contributed by atoms with E-state index in [0.717, 1.165) is 0 Å². The molecule has 0 aliphatic heterocycles. The number of nitrogens with one attached hydrogen (secondary N) is 1. The van der Waals surface area contributed by atoms with Gasteiger partial charge in [0.25, 0.3) is 0 Å². The standard InChI is InChI=1S/C11H16BrFN2O/c1-6(2)15-5-10(16)7-3-8(12)11(14)9(13)4-7/h3-4,6,10,15-16H,5,14H2,1-2H3. The summed E-state index contributed by atoms with van der Waals surface area (Å²) < 4.78 is 13.8. The van der Waals surface area contributed by atoms with Crippen molar-refractivity contribution >= 4 is 21.6 Å². The van der Waals surface area contributed by atoms with Gasteiger partial charge in [0.2, 0.25) is 0 Å². The molecule has 1 aromatic rings. The van der Waals surface area contributed by atoms with Crippen molar-refractivity contribution in [3.8, 4) is 0 Å². The molecule has 0 fully saturated rings. The second-order valence-electron chi connectivity index (χ2n) is 3.98. The van der Waals surface area contributed by atoms with Gasteiger partial charge in [-0.25, -0.2) is 4.39 Å². The summed E-state index contributed by atoms with van der Waals surface area (Å²) in [5, 5.41) is 12.9. The van der Waals surface area contributed by atoms with Crippen molar-refractivity contribution in [2.24, 2.45) is 0 Å². The maximum Gasteiger partial charge on any atom is 0.147 e. The lowest BCUT2D eigenvalue weighted by atomic mass is 10.1. The van der Waals surface area contributed by atoms with E-state index in [0.29, 0.717) is 16.6 Å². The quantitative estimate of drug-likeness (QED) is 0.745. The van der Waals surface area contributed by atoms with Crippen LogP contribution >= 0.6 is 15.9 Å². The molecule has 3 nitrogen and oxygen atoms in total. The molecule has 1 aromatic carbocycles. The third-order valence-electron chi connectivity index (χ3n) is 2.21. The van der Waals surface area contributed by atoms with Gasteiger partial charge in [-0.1, -0.05) is 13.8 Å². The van der Waals surface area contributed by atoms with Crippen LogP contribution < -0.4 is 11.1 Å². The van der Waals surface area contributed by atoms with E-state index in [-0.39, 0.29) is 11.7 Å². The number of benzene rings is 1. The van der Waals surface area contributed by atoms with E-state index in [1.54, 1.807) is 6.07 Å². The molecular formula is C11H16BrFN2O. The fourth-order valence-corrected chi connectivity index (χ4v) is 1.72. The molecule has 1 unspecified atom stereocenters. The maximum atomic E-state index is 13.3. The minimum atomic E-state index is -0.742. The summed E-state index contributed by atoms with van der Waals surface area (Å²) in [6.07, 6.45) is -0.742. The molecule has 0 saturated carbocycles. The summed E-state index contributed by atoms with van der Waals surface area (Å²) in [6, 6.07) is 3.16. The summed E-state index contributed by atoms with van der Waals surface area (Å²) in [6.45, 7) is 4.34. The van der Waals surface area contributed by atoms with Crippen LogP contribution in [0.4, 0.5) is 10.1 Å². The highest BCUT2D eigenvalue weighted by atomic mass is 79.9. The van der Waals surface area contributed by atoms with Gasteiger partial charge in [0.1, 0.15) is 5.82 Å². The molecular weight excluding hydrogens is 275 g/mol. The fourth-order valence-electron chi connectivity index (χ4n) is 1.26. The van der Waals surface area contributed by atoms with Crippen molar-refractivity contribution in [2.45, 2.75) is 26.0 Å². The molecule has 0 bridgehead atoms. The highest BCUT2D eigenvalue weighted by molar-refractivity contribution is 9.10. The fraction of sp³-hybridized carbons (Fsp3) is 0.455. The van der Waals surface area contributed by atoms with E-state index in [1.807, 2.05) is 13.8 Å². The minimum Gasteiger partial charge on any atom is -0.395 e. The van der Waals surface area contributed by atoms with E-state index in [1.165, 1.54) is 6.07 Å². The molecule has 0 amide bonds. The molecule has 0 spiro atoms. The van der Waals surface area contributed by atoms with Crippen molar-refractivity contribution in [1.82, 2.24) is 5.32 Å². The van der Waals surface area contributed by atoms with Crippen LogP contribution in [0, 0.1) is 5.82 Å². The Morgan fingerprint density at radius 3 is 2.62 bits per heavy atom. The number of anilines is 1. The number of rotatable bonds is 4. The predicted molar refractivity (Wildman–Crippen MR) is 66.6 cm³/mol. The van der Waals surface area contributed by atoms with Crippen LogP contribution in [0.25, 0.3) is 0 Å². The normalized spacial score (nSPS) is 13.1. The van der Waals surface area contributed by atoms with Crippen LogP contribution in [0.3, 0.4) is 0 Å². The van der Waals surface area contributed by atoms with E-state index >= 15 is 0 Å². The van der Waals surface area contributed by atoms with Crippen LogP contribution in [-0.4, -0.2) is 17.7 Å². The number of halogens is 2. The number of aliphatic hydroxyl groups excluding tert-OH is 1. The van der Waals surface area contributed by atoms with Crippen molar-refractivity contribution in [3.63, 3.8) is 0 Å². The Hall–Kier alpha value is -0.650. The molecule has 4 N–H and O–H groups in total. The van der Waals surface area contributed by atoms with E-state index < -0.39 is 11.9 Å². The second-order valence-corrected chi connectivity index (χ2v) is 4.83. The Kier molecular flexibility index (Phi) is 4.70. The van der Waals surface area contributed by atoms with E-state index in [9.17, 15) is 9.50 Å². The van der Waals surface area contributed by atoms with Crippen LogP contribution in [0.2, 0.25) is 0 Å². The van der Waals surface area contributed by atoms with Crippen LogP contribution in [0.1, 0.15) is 25.5 Å². The van der Waals surface area contributed by atoms with Gasteiger partial charge < -0.3 is 16.2 Å². The van der Waals surface area contributed by atoms with E-state index in [4.69, 9.17) is 5.73 Å². The van der Waals surface area contributed by atoms with Gasteiger partial charge in [0.15, 0.2) is 0 Å². The third kappa shape index (κ3) is 3.43. The first-order chi connectivity index (χ1) is 7.41. The minimum absolute atomic E-state index is 0.0627. The summed E-state index contributed by atoms with van der Waals surface area (Å²) in [4.78, 5) is 0. The molecule has 90 valence electrons. The first kappa shape index (κ1) is 13.4. The summed E-state index contributed by atoms with van der Waals surface area (Å²) in [7, 11) is 0.